The van der Waals surface area contributed by atoms with Crippen LogP contribution in [0.2, 0.25) is 0 Å². The number of aryl methyl sites for hydroxylation is 1. The highest BCUT2D eigenvalue weighted by Gasteiger charge is 2.32. The van der Waals surface area contributed by atoms with Crippen molar-refractivity contribution in [2.75, 3.05) is 43.4 Å². The van der Waals surface area contributed by atoms with Crippen LogP contribution in [0.4, 0.5) is 24.0 Å². The van der Waals surface area contributed by atoms with E-state index < -0.39 is 17.6 Å². The minimum absolute atomic E-state index is 0.00580. The molecule has 44 heavy (non-hydrogen) atoms. The number of fused-ring (bicyclic) bond motifs is 1. The van der Waals surface area contributed by atoms with Gasteiger partial charge in [0.15, 0.2) is 5.13 Å². The molecule has 2 amide bonds. The SMILES string of the molecule is CCN1CCN(Cc2cc(C(=O)Nc3ccc(C)c(-c4ccc5nc(NC(=O)C6CC6)sc5c4)c3)cc(C(F)(F)F)c2)CC1. The van der Waals surface area contributed by atoms with E-state index in [1.165, 1.54) is 11.3 Å². The molecule has 2 fully saturated rings. The number of piperazine rings is 1. The summed E-state index contributed by atoms with van der Waals surface area (Å²) < 4.78 is 42.4. The van der Waals surface area contributed by atoms with Gasteiger partial charge in [0, 0.05) is 49.9 Å². The number of halogens is 3. The van der Waals surface area contributed by atoms with Gasteiger partial charge in [-0.2, -0.15) is 13.2 Å². The van der Waals surface area contributed by atoms with Gasteiger partial charge in [-0.1, -0.05) is 30.4 Å². The molecule has 1 aromatic heterocycles. The third kappa shape index (κ3) is 6.95. The minimum atomic E-state index is -4.57. The van der Waals surface area contributed by atoms with Crippen molar-refractivity contribution in [3.63, 3.8) is 0 Å². The molecule has 0 unspecified atom stereocenters. The van der Waals surface area contributed by atoms with Crippen molar-refractivity contribution in [1.82, 2.24) is 14.8 Å². The van der Waals surface area contributed by atoms with Gasteiger partial charge in [-0.25, -0.2) is 4.98 Å². The van der Waals surface area contributed by atoms with Crippen LogP contribution in [0.3, 0.4) is 0 Å². The molecular formula is C33H34F3N5O2S. The predicted octanol–water partition coefficient (Wildman–Crippen LogP) is 7.03. The number of anilines is 2. The Balaban J connectivity index is 1.21. The lowest BCUT2D eigenvalue weighted by Gasteiger charge is -2.34. The second-order valence-corrected chi connectivity index (χ2v) is 12.6. The number of hydrogen-bond donors (Lipinski definition) is 2. The van der Waals surface area contributed by atoms with E-state index in [4.69, 9.17) is 0 Å². The summed E-state index contributed by atoms with van der Waals surface area (Å²) in [5.74, 6) is -0.509. The highest BCUT2D eigenvalue weighted by molar-refractivity contribution is 7.22. The Labute approximate surface area is 258 Å². The first-order valence-corrected chi connectivity index (χ1v) is 15.7. The fourth-order valence-corrected chi connectivity index (χ4v) is 6.42. The Hall–Kier alpha value is -3.80. The zero-order chi connectivity index (χ0) is 31.0. The smallest absolute Gasteiger partial charge is 0.322 e. The Morgan fingerprint density at radius 2 is 1.70 bits per heavy atom. The zero-order valence-electron chi connectivity index (χ0n) is 24.6. The van der Waals surface area contributed by atoms with E-state index in [9.17, 15) is 22.8 Å². The van der Waals surface area contributed by atoms with Crippen LogP contribution in [-0.2, 0) is 17.5 Å². The summed E-state index contributed by atoms with van der Waals surface area (Å²) in [5.41, 5.74) is 3.60. The molecule has 11 heteroatoms. The van der Waals surface area contributed by atoms with Gasteiger partial charge in [-0.15, -0.1) is 0 Å². The zero-order valence-corrected chi connectivity index (χ0v) is 25.4. The summed E-state index contributed by atoms with van der Waals surface area (Å²) in [7, 11) is 0. The molecule has 230 valence electrons. The maximum Gasteiger partial charge on any atom is 0.416 e. The molecule has 0 atom stereocenters. The molecule has 0 radical (unpaired) electrons. The summed E-state index contributed by atoms with van der Waals surface area (Å²) in [6.07, 6.45) is -2.74. The Kier molecular flexibility index (Phi) is 8.45. The van der Waals surface area contributed by atoms with Crippen molar-refractivity contribution in [3.05, 3.63) is 76.9 Å². The predicted molar refractivity (Wildman–Crippen MR) is 168 cm³/mol. The number of amides is 2. The number of alkyl halides is 3. The first-order valence-electron chi connectivity index (χ1n) is 14.9. The van der Waals surface area contributed by atoms with Gasteiger partial charge >= 0.3 is 6.18 Å². The van der Waals surface area contributed by atoms with E-state index in [-0.39, 0.29) is 17.4 Å². The number of nitrogens with zero attached hydrogens (tertiary/aromatic N) is 3. The molecule has 3 aromatic carbocycles. The Morgan fingerprint density at radius 1 is 0.955 bits per heavy atom. The van der Waals surface area contributed by atoms with Crippen LogP contribution in [0.25, 0.3) is 21.3 Å². The molecule has 1 saturated carbocycles. The van der Waals surface area contributed by atoms with Crippen molar-refractivity contribution in [2.45, 2.75) is 39.4 Å². The van der Waals surface area contributed by atoms with Gasteiger partial charge in [0.1, 0.15) is 0 Å². The number of nitrogens with one attached hydrogen (secondary N) is 2. The molecule has 2 aliphatic rings. The monoisotopic (exact) mass is 621 g/mol. The molecule has 4 aromatic rings. The van der Waals surface area contributed by atoms with Gasteiger partial charge in [0.2, 0.25) is 5.91 Å². The number of thiazole rings is 1. The van der Waals surface area contributed by atoms with Gasteiger partial charge in [0.25, 0.3) is 5.91 Å². The van der Waals surface area contributed by atoms with E-state index in [1.54, 1.807) is 12.1 Å². The normalized spacial score (nSPS) is 16.3. The molecule has 7 nitrogen and oxygen atoms in total. The van der Waals surface area contributed by atoms with Crippen LogP contribution in [0.5, 0.6) is 0 Å². The molecule has 0 bridgehead atoms. The number of carbonyl (C=O) groups excluding carboxylic acids is 2. The lowest BCUT2D eigenvalue weighted by atomic mass is 9.99. The van der Waals surface area contributed by atoms with Crippen LogP contribution in [0.15, 0.2) is 54.6 Å². The third-order valence-electron chi connectivity index (χ3n) is 8.27. The lowest BCUT2D eigenvalue weighted by Crippen LogP contribution is -2.45. The van der Waals surface area contributed by atoms with Crippen LogP contribution in [0.1, 0.15) is 46.8 Å². The average molecular weight is 622 g/mol. The van der Waals surface area contributed by atoms with Gasteiger partial charge in [-0.05, 0) is 91.0 Å². The van der Waals surface area contributed by atoms with Crippen molar-refractivity contribution in [1.29, 1.82) is 0 Å². The molecule has 2 heterocycles. The number of likely N-dealkylation sites (N-methyl/N-ethyl adjacent to an activating group) is 1. The second-order valence-electron chi connectivity index (χ2n) is 11.6. The number of rotatable bonds is 8. The van der Waals surface area contributed by atoms with E-state index >= 15 is 0 Å². The number of carbonyl (C=O) groups is 2. The summed E-state index contributed by atoms with van der Waals surface area (Å²) in [4.78, 5) is 34.5. The molecule has 1 aliphatic carbocycles. The van der Waals surface area contributed by atoms with E-state index in [1.807, 2.05) is 37.3 Å². The fourth-order valence-electron chi connectivity index (χ4n) is 5.51. The molecule has 1 saturated heterocycles. The van der Waals surface area contributed by atoms with Crippen LogP contribution in [-0.4, -0.2) is 59.3 Å². The van der Waals surface area contributed by atoms with Crippen LogP contribution >= 0.6 is 11.3 Å². The number of aromatic nitrogens is 1. The second kappa shape index (κ2) is 12.3. The fraction of sp³-hybridized carbons (Fsp3) is 0.364. The van der Waals surface area contributed by atoms with E-state index in [0.717, 1.165) is 84.6 Å². The average Bonchev–Trinajstić information content (AvgIpc) is 3.78. The minimum Gasteiger partial charge on any atom is -0.322 e. The maximum atomic E-state index is 13.8. The molecular weight excluding hydrogens is 587 g/mol. The molecule has 1 aliphatic heterocycles. The first kappa shape index (κ1) is 30.2. The van der Waals surface area contributed by atoms with Crippen molar-refractivity contribution in [3.8, 4) is 11.1 Å². The Bertz CT molecular complexity index is 1710. The quantitative estimate of drug-likeness (QED) is 0.221. The summed E-state index contributed by atoms with van der Waals surface area (Å²) in [6.45, 7) is 8.62. The van der Waals surface area contributed by atoms with E-state index in [2.05, 4.69) is 32.3 Å². The van der Waals surface area contributed by atoms with Gasteiger partial charge in [0.05, 0.1) is 15.8 Å². The standard InChI is InChI=1S/C33H34F3N5O2S/c1-3-40-10-12-41(13-11-40)19-21-14-24(16-25(15-21)33(34,35)36)31(43)37-26-8-4-20(2)27(18-26)23-7-9-28-29(17-23)44-32(38-28)39-30(42)22-5-6-22/h4,7-9,14-18,22H,3,5-6,10-13,19H2,1-2H3,(H,37,43)(H,38,39,42). The molecule has 2 N–H and O–H groups in total. The van der Waals surface area contributed by atoms with Crippen molar-refractivity contribution < 1.29 is 22.8 Å². The van der Waals surface area contributed by atoms with Gasteiger partial charge < -0.3 is 15.5 Å². The van der Waals surface area contributed by atoms with Crippen molar-refractivity contribution >= 4 is 44.2 Å². The van der Waals surface area contributed by atoms with E-state index in [0.29, 0.717) is 22.9 Å². The maximum absolute atomic E-state index is 13.8. The van der Waals surface area contributed by atoms with Crippen molar-refractivity contribution in [2.24, 2.45) is 5.92 Å². The molecule has 6 rings (SSSR count). The lowest BCUT2D eigenvalue weighted by molar-refractivity contribution is -0.137. The largest absolute Gasteiger partial charge is 0.416 e. The van der Waals surface area contributed by atoms with Crippen LogP contribution in [0, 0.1) is 12.8 Å². The number of hydrogen-bond acceptors (Lipinski definition) is 6. The summed E-state index contributed by atoms with van der Waals surface area (Å²) in [5, 5.41) is 6.28. The Morgan fingerprint density at radius 3 is 2.41 bits per heavy atom. The number of benzene rings is 3. The third-order valence-corrected chi connectivity index (χ3v) is 9.21. The highest BCUT2D eigenvalue weighted by atomic mass is 32.1. The summed E-state index contributed by atoms with van der Waals surface area (Å²) in [6, 6.07) is 14.9. The van der Waals surface area contributed by atoms with Gasteiger partial charge in [-0.3, -0.25) is 14.5 Å². The summed E-state index contributed by atoms with van der Waals surface area (Å²) >= 11 is 1.41. The van der Waals surface area contributed by atoms with Crippen LogP contribution < -0.4 is 10.6 Å². The molecule has 0 spiro atoms. The topological polar surface area (TPSA) is 77.6 Å². The first-order chi connectivity index (χ1) is 21.1. The highest BCUT2D eigenvalue weighted by Crippen LogP contribution is 2.36.